The molecule has 0 atom stereocenters. The van der Waals surface area contributed by atoms with Crippen LogP contribution in [0.1, 0.15) is 16.8 Å². The first kappa shape index (κ1) is 19.1. The Morgan fingerprint density at radius 3 is 2.48 bits per heavy atom. The number of benzene rings is 1. The number of carbonyl (C=O) groups excluding carboxylic acids is 1. The molecule has 0 saturated heterocycles. The maximum atomic E-state index is 14.1. The molecule has 0 bridgehead atoms. The number of hydrogen-bond acceptors (Lipinski definition) is 3. The molecule has 1 aliphatic heterocycles. The third kappa shape index (κ3) is 3.09. The number of halogens is 3. The molecule has 5 nitrogen and oxygen atoms in total. The van der Waals surface area contributed by atoms with Crippen LogP contribution in [-0.4, -0.2) is 35.0 Å². The largest absolute Gasteiger partial charge is 0.298 e. The molecular formula is C15H17Cl2FN4O. The first-order valence-electron chi connectivity index (χ1n) is 6.60. The van der Waals surface area contributed by atoms with Gasteiger partial charge in [-0.15, -0.1) is 24.8 Å². The van der Waals surface area contributed by atoms with Crippen molar-refractivity contribution in [1.82, 2.24) is 9.78 Å². The molecule has 0 N–H and O–H groups in total. The summed E-state index contributed by atoms with van der Waals surface area (Å²) in [6.45, 7) is 1.83. The van der Waals surface area contributed by atoms with Crippen LogP contribution in [0.3, 0.4) is 0 Å². The highest BCUT2D eigenvalue weighted by atomic mass is 35.5. The second-order valence-corrected chi connectivity index (χ2v) is 5.01. The third-order valence-electron chi connectivity index (χ3n) is 3.62. The van der Waals surface area contributed by atoms with Crippen molar-refractivity contribution in [3.63, 3.8) is 0 Å². The van der Waals surface area contributed by atoms with Gasteiger partial charge in [0.25, 0.3) is 0 Å². The van der Waals surface area contributed by atoms with E-state index in [1.807, 2.05) is 6.92 Å². The normalized spacial score (nSPS) is 13.5. The van der Waals surface area contributed by atoms with Crippen molar-refractivity contribution in [2.24, 2.45) is 12.0 Å². The molecule has 0 aliphatic carbocycles. The van der Waals surface area contributed by atoms with Crippen molar-refractivity contribution in [1.29, 1.82) is 0 Å². The molecule has 1 amide bonds. The number of fused-ring (bicyclic) bond motifs is 1. The van der Waals surface area contributed by atoms with Crippen LogP contribution in [0.4, 0.5) is 10.2 Å². The van der Waals surface area contributed by atoms with E-state index in [1.54, 1.807) is 37.0 Å². The molecule has 0 unspecified atom stereocenters. The van der Waals surface area contributed by atoms with Crippen molar-refractivity contribution < 1.29 is 9.18 Å². The summed E-state index contributed by atoms with van der Waals surface area (Å²) in [7, 11) is 3.45. The van der Waals surface area contributed by atoms with Crippen molar-refractivity contribution in [2.45, 2.75) is 6.92 Å². The van der Waals surface area contributed by atoms with Crippen LogP contribution in [0.2, 0.25) is 0 Å². The van der Waals surface area contributed by atoms with Crippen molar-refractivity contribution in [3.8, 4) is 0 Å². The zero-order valence-corrected chi connectivity index (χ0v) is 14.5. The van der Waals surface area contributed by atoms with E-state index in [-0.39, 0.29) is 43.1 Å². The van der Waals surface area contributed by atoms with Crippen LogP contribution < -0.4 is 4.90 Å². The quantitative estimate of drug-likeness (QED) is 0.786. The monoisotopic (exact) mass is 358 g/mol. The Bertz CT molecular complexity index is 773. The third-order valence-corrected chi connectivity index (χ3v) is 3.62. The lowest BCUT2D eigenvalue weighted by atomic mass is 10.0. The first-order valence-corrected chi connectivity index (χ1v) is 6.60. The first-order chi connectivity index (χ1) is 10.0. The fourth-order valence-electron chi connectivity index (χ4n) is 2.63. The lowest BCUT2D eigenvalue weighted by molar-refractivity contribution is -0.117. The van der Waals surface area contributed by atoms with E-state index < -0.39 is 0 Å². The van der Waals surface area contributed by atoms with E-state index in [0.29, 0.717) is 22.7 Å². The average molecular weight is 359 g/mol. The summed E-state index contributed by atoms with van der Waals surface area (Å²) in [5, 5.41) is 4.34. The Labute approximate surface area is 146 Å². The van der Waals surface area contributed by atoms with Gasteiger partial charge >= 0.3 is 0 Å². The van der Waals surface area contributed by atoms with Crippen LogP contribution in [0.15, 0.2) is 29.3 Å². The maximum Gasteiger partial charge on any atom is 0.249 e. The fraction of sp³-hybridized carbons (Fsp3) is 0.267. The predicted octanol–water partition coefficient (Wildman–Crippen LogP) is 2.53. The molecule has 23 heavy (non-hydrogen) atoms. The molecule has 0 fully saturated rings. The minimum Gasteiger partial charge on any atom is -0.298 e. The van der Waals surface area contributed by atoms with Crippen molar-refractivity contribution >= 4 is 42.3 Å². The molecule has 1 aromatic carbocycles. The highest BCUT2D eigenvalue weighted by molar-refractivity contribution is 6.19. The molecule has 1 aromatic heterocycles. The van der Waals surface area contributed by atoms with E-state index in [2.05, 4.69) is 10.1 Å². The lowest BCUT2D eigenvalue weighted by Gasteiger charge is -2.16. The van der Waals surface area contributed by atoms with Gasteiger partial charge in [-0.1, -0.05) is 12.1 Å². The summed E-state index contributed by atoms with van der Waals surface area (Å²) >= 11 is 0. The SMILES string of the molecule is Cc1nn(C)c2c1C(c1ccccc1F)=NCC(=O)N2C.Cl.Cl. The highest BCUT2D eigenvalue weighted by Crippen LogP contribution is 2.28. The average Bonchev–Trinajstić information content (AvgIpc) is 2.66. The molecule has 2 heterocycles. The van der Waals surface area contributed by atoms with Gasteiger partial charge in [0.05, 0.1) is 17.0 Å². The summed E-state index contributed by atoms with van der Waals surface area (Å²) in [5.41, 5.74) is 2.29. The Morgan fingerprint density at radius 1 is 1.17 bits per heavy atom. The van der Waals surface area contributed by atoms with Crippen molar-refractivity contribution in [2.75, 3.05) is 18.5 Å². The van der Waals surface area contributed by atoms with Crippen molar-refractivity contribution in [3.05, 3.63) is 46.9 Å². The smallest absolute Gasteiger partial charge is 0.249 e. The van der Waals surface area contributed by atoms with Crippen LogP contribution in [0, 0.1) is 12.7 Å². The maximum absolute atomic E-state index is 14.1. The number of likely N-dealkylation sites (N-methyl/N-ethyl adjacent to an activating group) is 1. The number of hydrogen-bond donors (Lipinski definition) is 0. The topological polar surface area (TPSA) is 50.5 Å². The Kier molecular flexibility index (Phi) is 5.91. The van der Waals surface area contributed by atoms with Crippen LogP contribution in [-0.2, 0) is 11.8 Å². The Hall–Kier alpha value is -1.92. The predicted molar refractivity (Wildman–Crippen MR) is 92.8 cm³/mol. The zero-order valence-electron chi connectivity index (χ0n) is 12.9. The second kappa shape index (κ2) is 7.10. The van der Waals surface area contributed by atoms with Gasteiger partial charge in [-0.2, -0.15) is 5.10 Å². The van der Waals surface area contributed by atoms with Gasteiger partial charge in [0.2, 0.25) is 5.91 Å². The summed E-state index contributed by atoms with van der Waals surface area (Å²) in [6, 6.07) is 6.44. The molecule has 0 radical (unpaired) electrons. The standard InChI is InChI=1S/C15H15FN4O.2ClH/c1-9-13-14(10-6-4-5-7-11(10)16)17-8-12(21)19(2)15(13)20(3)18-9;;/h4-7H,8H2,1-3H3;2*1H. The van der Waals surface area contributed by atoms with E-state index in [0.717, 1.165) is 5.69 Å². The van der Waals surface area contributed by atoms with Crippen LogP contribution in [0.25, 0.3) is 0 Å². The fourth-order valence-corrected chi connectivity index (χ4v) is 2.63. The summed E-state index contributed by atoms with van der Waals surface area (Å²) in [6.07, 6.45) is 0. The van der Waals surface area contributed by atoms with Gasteiger partial charge in [0.1, 0.15) is 18.2 Å². The summed E-state index contributed by atoms with van der Waals surface area (Å²) in [4.78, 5) is 17.9. The molecule has 3 rings (SSSR count). The molecule has 124 valence electrons. The van der Waals surface area contributed by atoms with Gasteiger partial charge in [-0.3, -0.25) is 19.4 Å². The van der Waals surface area contributed by atoms with E-state index in [9.17, 15) is 9.18 Å². The Morgan fingerprint density at radius 2 is 1.83 bits per heavy atom. The second-order valence-electron chi connectivity index (χ2n) is 5.01. The van der Waals surface area contributed by atoms with E-state index in [1.165, 1.54) is 11.0 Å². The molecule has 0 spiro atoms. The van der Waals surface area contributed by atoms with Gasteiger partial charge < -0.3 is 0 Å². The zero-order chi connectivity index (χ0) is 15.1. The number of rotatable bonds is 1. The summed E-state index contributed by atoms with van der Waals surface area (Å²) < 4.78 is 15.8. The molecule has 1 aliphatic rings. The Balaban J connectivity index is 0.00000132. The molecule has 8 heteroatoms. The summed E-state index contributed by atoms with van der Waals surface area (Å²) in [5.74, 6) is 0.130. The minimum atomic E-state index is -0.359. The number of anilines is 1. The van der Waals surface area contributed by atoms with Gasteiger partial charge in [-0.25, -0.2) is 4.39 Å². The molecular weight excluding hydrogens is 342 g/mol. The number of nitrogens with zero attached hydrogens (tertiary/aromatic N) is 4. The molecule has 0 saturated carbocycles. The lowest BCUT2D eigenvalue weighted by Crippen LogP contribution is -2.29. The van der Waals surface area contributed by atoms with Crippen LogP contribution in [0.5, 0.6) is 0 Å². The number of aryl methyl sites for hydroxylation is 2. The number of aliphatic imine (C=N–C) groups is 1. The van der Waals surface area contributed by atoms with E-state index in [4.69, 9.17) is 0 Å². The van der Waals surface area contributed by atoms with Crippen LogP contribution >= 0.6 is 24.8 Å². The minimum absolute atomic E-state index is 0. The number of amides is 1. The highest BCUT2D eigenvalue weighted by Gasteiger charge is 2.29. The molecule has 2 aromatic rings. The van der Waals surface area contributed by atoms with Gasteiger partial charge in [-0.05, 0) is 19.1 Å². The number of carbonyl (C=O) groups is 1. The van der Waals surface area contributed by atoms with E-state index >= 15 is 0 Å². The number of aromatic nitrogens is 2. The van der Waals surface area contributed by atoms with Gasteiger partial charge in [0.15, 0.2) is 0 Å². The van der Waals surface area contributed by atoms with Gasteiger partial charge in [0, 0.05) is 19.7 Å².